The molecule has 1 N–H and O–H groups in total. The number of fused-ring (bicyclic) bond motifs is 2. The average Bonchev–Trinajstić information content (AvgIpc) is 2.67. The maximum Gasteiger partial charge on any atom is 0.341 e. The molecule has 1 aliphatic heterocycles. The molecule has 0 fully saturated rings. The van der Waals surface area contributed by atoms with Gasteiger partial charge in [-0.1, -0.05) is 0 Å². The molecule has 2 heterocycles. The first-order chi connectivity index (χ1) is 13.5. The van der Waals surface area contributed by atoms with Crippen molar-refractivity contribution in [2.45, 2.75) is 39.3 Å². The second-order valence-corrected chi connectivity index (χ2v) is 6.47. The Morgan fingerprint density at radius 3 is 2.00 bits per heavy atom. The van der Waals surface area contributed by atoms with E-state index in [2.05, 4.69) is 4.98 Å². The van der Waals surface area contributed by atoms with Crippen LogP contribution in [0.3, 0.4) is 0 Å². The fourth-order valence-electron chi connectivity index (χ4n) is 2.38. The molecule has 2 atom stereocenters. The lowest BCUT2D eigenvalue weighted by atomic mass is 10.3. The van der Waals surface area contributed by atoms with Crippen LogP contribution in [0.1, 0.15) is 25.2 Å². The number of carboxylic acid groups (broad SMARTS) is 1. The summed E-state index contributed by atoms with van der Waals surface area (Å²) in [4.78, 5) is 15.3. The molecular formula is C19H29NO8. The van der Waals surface area contributed by atoms with Gasteiger partial charge in [-0.15, -0.1) is 0 Å². The molecule has 1 aliphatic rings. The predicted octanol–water partition coefficient (Wildman–Crippen LogP) is 1.42. The van der Waals surface area contributed by atoms with Gasteiger partial charge in [-0.05, 0) is 13.8 Å². The van der Waals surface area contributed by atoms with Crippen LogP contribution in [-0.4, -0.2) is 74.5 Å². The third kappa shape index (κ3) is 9.43. The van der Waals surface area contributed by atoms with Crippen LogP contribution in [0.15, 0.2) is 12.1 Å². The zero-order valence-electron chi connectivity index (χ0n) is 16.4. The maximum atomic E-state index is 10.8. The highest BCUT2D eigenvalue weighted by Gasteiger charge is 2.11. The van der Waals surface area contributed by atoms with Gasteiger partial charge in [0, 0.05) is 12.1 Å². The zero-order valence-corrected chi connectivity index (χ0v) is 16.4. The lowest BCUT2D eigenvalue weighted by Crippen LogP contribution is -2.21. The normalized spacial score (nSPS) is 23.4. The first-order valence-electron chi connectivity index (χ1n) is 9.34. The highest BCUT2D eigenvalue weighted by Crippen LogP contribution is 2.17. The van der Waals surface area contributed by atoms with Gasteiger partial charge in [-0.2, -0.15) is 0 Å². The Bertz CT molecular complexity index is 559. The van der Waals surface area contributed by atoms with Gasteiger partial charge in [0.05, 0.1) is 76.5 Å². The lowest BCUT2D eigenvalue weighted by molar-refractivity contribution is -0.139. The molecule has 0 spiro atoms. The molecule has 9 nitrogen and oxygen atoms in total. The number of aromatic nitrogens is 1. The molecule has 2 rings (SSSR count). The summed E-state index contributed by atoms with van der Waals surface area (Å²) in [5.74, 6) is -0.636. The first kappa shape index (κ1) is 22.5. The molecule has 0 amide bonds. The Morgan fingerprint density at radius 2 is 1.50 bits per heavy atom. The van der Waals surface area contributed by atoms with E-state index in [0.29, 0.717) is 56.8 Å². The Labute approximate surface area is 164 Å². The monoisotopic (exact) mass is 399 g/mol. The Kier molecular flexibility index (Phi) is 10.2. The molecule has 9 heteroatoms. The average molecular weight is 399 g/mol. The van der Waals surface area contributed by atoms with Crippen molar-refractivity contribution >= 4 is 5.97 Å². The van der Waals surface area contributed by atoms with Gasteiger partial charge in [0.25, 0.3) is 0 Å². The second-order valence-electron chi connectivity index (χ2n) is 6.47. The van der Waals surface area contributed by atoms with E-state index >= 15 is 0 Å². The summed E-state index contributed by atoms with van der Waals surface area (Å²) >= 11 is 0. The summed E-state index contributed by atoms with van der Waals surface area (Å²) < 4.78 is 33.3. The number of hydrogen-bond donors (Lipinski definition) is 1. The van der Waals surface area contributed by atoms with Crippen molar-refractivity contribution < 1.29 is 38.3 Å². The molecule has 0 saturated heterocycles. The number of pyridine rings is 1. The first-order valence-corrected chi connectivity index (χ1v) is 9.34. The van der Waals surface area contributed by atoms with E-state index in [1.165, 1.54) is 0 Å². The summed E-state index contributed by atoms with van der Waals surface area (Å²) in [5, 5.41) is 8.83. The largest absolute Gasteiger partial charge is 0.482 e. The number of ether oxygens (including phenoxy) is 6. The summed E-state index contributed by atoms with van der Waals surface area (Å²) in [6, 6.07) is 3.33. The zero-order chi connectivity index (χ0) is 20.2. The highest BCUT2D eigenvalue weighted by molar-refractivity contribution is 5.68. The van der Waals surface area contributed by atoms with Gasteiger partial charge in [-0.3, -0.25) is 4.98 Å². The number of carboxylic acids is 1. The fourth-order valence-corrected chi connectivity index (χ4v) is 2.38. The molecule has 2 bridgehead atoms. The minimum absolute atomic E-state index is 0.132. The van der Waals surface area contributed by atoms with Gasteiger partial charge in [0.1, 0.15) is 5.75 Å². The maximum absolute atomic E-state index is 10.8. The standard InChI is InChI=1S/C19H29NO8/c1-14-9-24-5-3-23-4-6-25-10-15(2)27-12-17-8-18(28-13-19(21)22)7-16(20-17)11-26-14/h7-8,14-15H,3-6,9-13H2,1-2H3,(H,21,22)/t14-,15-/m0/s1. The van der Waals surface area contributed by atoms with Gasteiger partial charge in [0.15, 0.2) is 6.61 Å². The van der Waals surface area contributed by atoms with E-state index in [1.807, 2.05) is 13.8 Å². The van der Waals surface area contributed by atoms with Crippen LogP contribution in [0, 0.1) is 0 Å². The van der Waals surface area contributed by atoms with Gasteiger partial charge in [-0.25, -0.2) is 4.79 Å². The van der Waals surface area contributed by atoms with Crippen molar-refractivity contribution in [3.8, 4) is 5.75 Å². The predicted molar refractivity (Wildman–Crippen MR) is 98.3 cm³/mol. The van der Waals surface area contributed by atoms with Gasteiger partial charge < -0.3 is 33.5 Å². The molecule has 1 aromatic heterocycles. The van der Waals surface area contributed by atoms with E-state index in [0.717, 1.165) is 0 Å². The number of aliphatic carboxylic acids is 1. The summed E-state index contributed by atoms with van der Waals surface area (Å²) in [6.45, 7) is 6.70. The number of hydrogen-bond acceptors (Lipinski definition) is 8. The van der Waals surface area contributed by atoms with Gasteiger partial charge in [0.2, 0.25) is 0 Å². The minimum atomic E-state index is -1.05. The van der Waals surface area contributed by atoms with Crippen molar-refractivity contribution in [1.29, 1.82) is 0 Å². The van der Waals surface area contributed by atoms with Crippen molar-refractivity contribution in [2.75, 3.05) is 46.2 Å². The van der Waals surface area contributed by atoms with E-state index in [1.54, 1.807) is 12.1 Å². The fraction of sp³-hybridized carbons (Fsp3) is 0.684. The van der Waals surface area contributed by atoms with Crippen LogP contribution >= 0.6 is 0 Å². The number of nitrogens with zero attached hydrogens (tertiary/aromatic N) is 1. The van der Waals surface area contributed by atoms with E-state index in [-0.39, 0.29) is 25.4 Å². The van der Waals surface area contributed by atoms with Crippen LogP contribution in [0.2, 0.25) is 0 Å². The Balaban J connectivity index is 2.05. The molecular weight excluding hydrogens is 370 g/mol. The van der Waals surface area contributed by atoms with Crippen LogP contribution < -0.4 is 4.74 Å². The van der Waals surface area contributed by atoms with Crippen LogP contribution in [-0.2, 0) is 41.7 Å². The van der Waals surface area contributed by atoms with Crippen molar-refractivity contribution in [3.63, 3.8) is 0 Å². The number of carbonyl (C=O) groups is 1. The van der Waals surface area contributed by atoms with Crippen LogP contribution in [0.5, 0.6) is 5.75 Å². The summed E-state index contributed by atoms with van der Waals surface area (Å²) in [7, 11) is 0. The molecule has 0 saturated carbocycles. The molecule has 0 aromatic carbocycles. The number of rotatable bonds is 3. The van der Waals surface area contributed by atoms with Crippen LogP contribution in [0.4, 0.5) is 0 Å². The molecule has 1 aromatic rings. The highest BCUT2D eigenvalue weighted by atomic mass is 16.6. The van der Waals surface area contributed by atoms with Crippen molar-refractivity contribution in [3.05, 3.63) is 23.5 Å². The smallest absolute Gasteiger partial charge is 0.341 e. The van der Waals surface area contributed by atoms with Crippen LogP contribution in [0.25, 0.3) is 0 Å². The van der Waals surface area contributed by atoms with Gasteiger partial charge >= 0.3 is 5.97 Å². The molecule has 0 unspecified atom stereocenters. The topological polar surface area (TPSA) is 106 Å². The van der Waals surface area contributed by atoms with E-state index in [4.69, 9.17) is 33.5 Å². The SMILES string of the molecule is C[C@H]1COCCOCCOC[C@H](C)OCc2cc(OCC(=O)O)cc(n2)CO1. The summed E-state index contributed by atoms with van der Waals surface area (Å²) in [6.07, 6.45) is -0.264. The van der Waals surface area contributed by atoms with E-state index in [9.17, 15) is 4.79 Å². The summed E-state index contributed by atoms with van der Waals surface area (Å²) in [5.41, 5.74) is 1.25. The Hall–Kier alpha value is -1.78. The molecule has 28 heavy (non-hydrogen) atoms. The van der Waals surface area contributed by atoms with E-state index < -0.39 is 12.6 Å². The molecule has 158 valence electrons. The third-order valence-electron chi connectivity index (χ3n) is 3.75. The van der Waals surface area contributed by atoms with Crippen molar-refractivity contribution in [2.24, 2.45) is 0 Å². The third-order valence-corrected chi connectivity index (χ3v) is 3.75. The minimum Gasteiger partial charge on any atom is -0.482 e. The lowest BCUT2D eigenvalue weighted by Gasteiger charge is -2.17. The quantitative estimate of drug-likeness (QED) is 0.808. The van der Waals surface area contributed by atoms with Crippen molar-refractivity contribution in [1.82, 2.24) is 4.98 Å². The Morgan fingerprint density at radius 1 is 1.00 bits per heavy atom. The molecule has 0 radical (unpaired) electrons. The second kappa shape index (κ2) is 12.6. The molecule has 0 aliphatic carbocycles.